The molecule has 0 radical (unpaired) electrons. The Kier molecular flexibility index (Phi) is 6.41. The first kappa shape index (κ1) is 19.9. The number of rotatable bonds is 8. The van der Waals surface area contributed by atoms with Crippen molar-refractivity contribution in [3.63, 3.8) is 0 Å². The van der Waals surface area contributed by atoms with Gasteiger partial charge in [-0.05, 0) is 29.8 Å². The summed E-state index contributed by atoms with van der Waals surface area (Å²) in [6.45, 7) is -0.641. The second-order valence-corrected chi connectivity index (χ2v) is 5.98. The van der Waals surface area contributed by atoms with Crippen molar-refractivity contribution in [1.82, 2.24) is 15.1 Å². The average molecular weight is 397 g/mol. The van der Waals surface area contributed by atoms with E-state index in [0.717, 1.165) is 10.2 Å². The van der Waals surface area contributed by atoms with Gasteiger partial charge in [0, 0.05) is 12.1 Å². The van der Waals surface area contributed by atoms with Gasteiger partial charge >= 0.3 is 11.7 Å². The zero-order chi connectivity index (χ0) is 20.6. The van der Waals surface area contributed by atoms with E-state index in [0.29, 0.717) is 11.3 Å². The van der Waals surface area contributed by atoms with E-state index in [2.05, 4.69) is 10.4 Å². The summed E-state index contributed by atoms with van der Waals surface area (Å²) in [5, 5.41) is 6.60. The highest BCUT2D eigenvalue weighted by Gasteiger charge is 2.15. The molecule has 1 heterocycles. The van der Waals surface area contributed by atoms with Crippen LogP contribution in [0.5, 0.6) is 5.75 Å². The van der Waals surface area contributed by atoms with Crippen molar-refractivity contribution in [1.29, 1.82) is 0 Å². The lowest BCUT2D eigenvalue weighted by Gasteiger charge is -2.07. The molecule has 0 saturated carbocycles. The number of amides is 1. The Balaban J connectivity index is 1.46. The van der Waals surface area contributed by atoms with E-state index in [1.54, 1.807) is 43.5 Å². The van der Waals surface area contributed by atoms with Gasteiger partial charge in [-0.2, -0.15) is 4.68 Å². The molecular formula is C20H19N3O6. The molecule has 29 heavy (non-hydrogen) atoms. The lowest BCUT2D eigenvalue weighted by molar-refractivity contribution is -0.149. The van der Waals surface area contributed by atoms with Crippen molar-refractivity contribution < 1.29 is 23.5 Å². The Morgan fingerprint density at radius 2 is 1.83 bits per heavy atom. The van der Waals surface area contributed by atoms with E-state index in [-0.39, 0.29) is 12.4 Å². The van der Waals surface area contributed by atoms with Crippen LogP contribution < -0.4 is 15.8 Å². The number of methoxy groups -OCH3 is 1. The van der Waals surface area contributed by atoms with Crippen LogP contribution in [0.15, 0.2) is 63.8 Å². The number of hydrogen-bond acceptors (Lipinski definition) is 7. The minimum absolute atomic E-state index is 0.0978. The molecule has 150 valence electrons. The van der Waals surface area contributed by atoms with Crippen molar-refractivity contribution in [3.05, 3.63) is 70.7 Å². The number of carbonyl (C=O) groups excluding carboxylic acids is 2. The Morgan fingerprint density at radius 1 is 1.10 bits per heavy atom. The maximum absolute atomic E-state index is 11.9. The zero-order valence-corrected chi connectivity index (χ0v) is 15.7. The van der Waals surface area contributed by atoms with Gasteiger partial charge in [0.2, 0.25) is 5.89 Å². The van der Waals surface area contributed by atoms with Crippen molar-refractivity contribution in [2.45, 2.75) is 13.1 Å². The Bertz CT molecular complexity index is 1020. The summed E-state index contributed by atoms with van der Waals surface area (Å²) in [4.78, 5) is 35.6. The molecule has 0 unspecified atom stereocenters. The number of benzene rings is 2. The van der Waals surface area contributed by atoms with Crippen molar-refractivity contribution in [3.8, 4) is 17.2 Å². The predicted octanol–water partition coefficient (Wildman–Crippen LogP) is 1.37. The Labute approximate surface area is 165 Å². The smallest absolute Gasteiger partial charge is 0.437 e. The number of aromatic nitrogens is 2. The predicted molar refractivity (Wildman–Crippen MR) is 102 cm³/mol. The minimum Gasteiger partial charge on any atom is -0.497 e. The third kappa shape index (κ3) is 5.55. The molecule has 0 atom stereocenters. The highest BCUT2D eigenvalue weighted by molar-refractivity contribution is 5.80. The summed E-state index contributed by atoms with van der Waals surface area (Å²) >= 11 is 0. The van der Waals surface area contributed by atoms with Gasteiger partial charge in [-0.15, -0.1) is 5.10 Å². The number of esters is 1. The minimum atomic E-state index is -0.787. The molecule has 2 aromatic carbocycles. The monoisotopic (exact) mass is 397 g/mol. The summed E-state index contributed by atoms with van der Waals surface area (Å²) in [5.41, 5.74) is 1.47. The standard InChI is InChI=1S/C20H19N3O6/c1-27-16-9-7-14(8-10-16)11-21-17(24)13-28-18(25)12-23-20(26)29-19(22-23)15-5-3-2-4-6-15/h2-10H,11-13H2,1H3,(H,21,24). The molecule has 0 spiro atoms. The zero-order valence-electron chi connectivity index (χ0n) is 15.7. The molecule has 0 aliphatic rings. The average Bonchev–Trinajstić information content (AvgIpc) is 3.12. The number of ether oxygens (including phenoxy) is 2. The third-order valence-corrected chi connectivity index (χ3v) is 3.92. The molecule has 0 fully saturated rings. The van der Waals surface area contributed by atoms with Crippen LogP contribution in [0, 0.1) is 0 Å². The van der Waals surface area contributed by atoms with E-state index in [1.165, 1.54) is 0 Å². The number of nitrogens with one attached hydrogen (secondary N) is 1. The first-order chi connectivity index (χ1) is 14.0. The van der Waals surface area contributed by atoms with E-state index < -0.39 is 30.8 Å². The van der Waals surface area contributed by atoms with E-state index in [9.17, 15) is 14.4 Å². The third-order valence-electron chi connectivity index (χ3n) is 3.92. The molecule has 3 rings (SSSR count). The Morgan fingerprint density at radius 3 is 2.52 bits per heavy atom. The fourth-order valence-corrected chi connectivity index (χ4v) is 2.41. The van der Waals surface area contributed by atoms with Gasteiger partial charge in [0.25, 0.3) is 5.91 Å². The highest BCUT2D eigenvalue weighted by Crippen LogP contribution is 2.14. The normalized spacial score (nSPS) is 10.4. The van der Waals surface area contributed by atoms with Crippen LogP contribution in [0.2, 0.25) is 0 Å². The number of nitrogens with zero attached hydrogens (tertiary/aromatic N) is 2. The van der Waals surface area contributed by atoms with Gasteiger partial charge in [0.15, 0.2) is 6.61 Å². The maximum atomic E-state index is 11.9. The van der Waals surface area contributed by atoms with Crippen molar-refractivity contribution in [2.75, 3.05) is 13.7 Å². The van der Waals surface area contributed by atoms with Crippen LogP contribution in [0.25, 0.3) is 11.5 Å². The maximum Gasteiger partial charge on any atom is 0.437 e. The van der Waals surface area contributed by atoms with Gasteiger partial charge in [-0.25, -0.2) is 4.79 Å². The fourth-order valence-electron chi connectivity index (χ4n) is 2.41. The topological polar surface area (TPSA) is 113 Å². The molecule has 9 nitrogen and oxygen atoms in total. The van der Waals surface area contributed by atoms with Crippen molar-refractivity contribution in [2.24, 2.45) is 0 Å². The lowest BCUT2D eigenvalue weighted by atomic mass is 10.2. The van der Waals surface area contributed by atoms with E-state index in [1.807, 2.05) is 18.2 Å². The summed E-state index contributed by atoms with van der Waals surface area (Å²) in [6.07, 6.45) is 0. The molecule has 3 aromatic rings. The molecule has 1 N–H and O–H groups in total. The first-order valence-corrected chi connectivity index (χ1v) is 8.74. The molecule has 0 saturated heterocycles. The molecule has 0 aliphatic carbocycles. The van der Waals surface area contributed by atoms with Crippen LogP contribution in [0.1, 0.15) is 5.56 Å². The summed E-state index contributed by atoms with van der Waals surface area (Å²) in [5.74, 6) is -1.22. The Hall–Kier alpha value is -3.88. The summed E-state index contributed by atoms with van der Waals surface area (Å²) in [6, 6.07) is 16.0. The van der Waals surface area contributed by atoms with E-state index >= 15 is 0 Å². The van der Waals surface area contributed by atoms with Crippen LogP contribution in [0.3, 0.4) is 0 Å². The fraction of sp³-hybridized carbons (Fsp3) is 0.200. The SMILES string of the molecule is COc1ccc(CNC(=O)COC(=O)Cn2nc(-c3ccccc3)oc2=O)cc1. The molecule has 1 amide bonds. The highest BCUT2D eigenvalue weighted by atomic mass is 16.5. The van der Waals surface area contributed by atoms with Crippen LogP contribution in [-0.2, 0) is 27.4 Å². The van der Waals surface area contributed by atoms with Crippen LogP contribution in [-0.4, -0.2) is 35.4 Å². The van der Waals surface area contributed by atoms with Crippen LogP contribution >= 0.6 is 0 Å². The van der Waals surface area contributed by atoms with Gasteiger partial charge < -0.3 is 19.2 Å². The number of carbonyl (C=O) groups is 2. The van der Waals surface area contributed by atoms with Gasteiger partial charge in [0.05, 0.1) is 7.11 Å². The van der Waals surface area contributed by atoms with Crippen molar-refractivity contribution >= 4 is 11.9 Å². The second kappa shape index (κ2) is 9.36. The number of hydrogen-bond donors (Lipinski definition) is 1. The molecule has 0 aliphatic heterocycles. The first-order valence-electron chi connectivity index (χ1n) is 8.74. The van der Waals surface area contributed by atoms with Crippen LogP contribution in [0.4, 0.5) is 0 Å². The summed E-state index contributed by atoms with van der Waals surface area (Å²) < 4.78 is 15.8. The quantitative estimate of drug-likeness (QED) is 0.571. The van der Waals surface area contributed by atoms with Gasteiger partial charge in [-0.1, -0.05) is 30.3 Å². The molecule has 1 aromatic heterocycles. The largest absolute Gasteiger partial charge is 0.497 e. The van der Waals surface area contributed by atoms with Gasteiger partial charge in [-0.3, -0.25) is 9.59 Å². The molecular weight excluding hydrogens is 378 g/mol. The van der Waals surface area contributed by atoms with E-state index in [4.69, 9.17) is 13.9 Å². The second-order valence-electron chi connectivity index (χ2n) is 5.98. The lowest BCUT2D eigenvalue weighted by Crippen LogP contribution is -2.30. The molecule has 0 bridgehead atoms. The summed E-state index contributed by atoms with van der Waals surface area (Å²) in [7, 11) is 1.57. The van der Waals surface area contributed by atoms with Gasteiger partial charge in [0.1, 0.15) is 12.3 Å². The molecule has 9 heteroatoms.